The second-order valence-electron chi connectivity index (χ2n) is 8.81. The predicted octanol–water partition coefficient (Wildman–Crippen LogP) is -0.148. The van der Waals surface area contributed by atoms with Crippen molar-refractivity contribution < 1.29 is 29.1 Å². The maximum atomic E-state index is 12.9. The number of benzene rings is 1. The van der Waals surface area contributed by atoms with Crippen LogP contribution in [0, 0.1) is 0 Å². The Labute approximate surface area is 217 Å². The summed E-state index contributed by atoms with van der Waals surface area (Å²) in [7, 11) is 0. The van der Waals surface area contributed by atoms with Crippen LogP contribution in [0.1, 0.15) is 41.9 Å². The molecule has 0 spiro atoms. The topological polar surface area (TPSA) is 184 Å². The van der Waals surface area contributed by atoms with Crippen molar-refractivity contribution in [2.24, 2.45) is 5.73 Å². The van der Waals surface area contributed by atoms with Crippen molar-refractivity contribution in [1.29, 1.82) is 0 Å². The number of primary amides is 1. The highest BCUT2D eigenvalue weighted by Crippen LogP contribution is 2.29. The zero-order valence-corrected chi connectivity index (χ0v) is 21.3. The van der Waals surface area contributed by atoms with Gasteiger partial charge >= 0.3 is 0 Å². The molecule has 2 aromatic rings. The lowest BCUT2D eigenvalue weighted by Gasteiger charge is -2.25. The van der Waals surface area contributed by atoms with Gasteiger partial charge in [-0.3, -0.25) is 24.0 Å². The summed E-state index contributed by atoms with van der Waals surface area (Å²) in [6, 6.07) is 2.63. The van der Waals surface area contributed by atoms with E-state index in [1.165, 1.54) is 43.5 Å². The van der Waals surface area contributed by atoms with Gasteiger partial charge in [-0.2, -0.15) is 0 Å². The third kappa shape index (κ3) is 7.26. The highest BCUT2D eigenvalue weighted by atomic mass is 32.1. The second-order valence-corrected chi connectivity index (χ2v) is 9.85. The summed E-state index contributed by atoms with van der Waals surface area (Å²) in [5.41, 5.74) is 6.10. The van der Waals surface area contributed by atoms with Gasteiger partial charge in [0.2, 0.25) is 23.6 Å². The van der Waals surface area contributed by atoms with E-state index in [0.29, 0.717) is 34.8 Å². The Balaban J connectivity index is 1.52. The molecule has 37 heavy (non-hydrogen) atoms. The van der Waals surface area contributed by atoms with Crippen LogP contribution >= 0.6 is 11.3 Å². The first-order valence-corrected chi connectivity index (χ1v) is 12.6. The number of thiazole rings is 1. The van der Waals surface area contributed by atoms with Gasteiger partial charge in [0.05, 0.1) is 11.1 Å². The Morgan fingerprint density at radius 3 is 2.41 bits per heavy atom. The Kier molecular flexibility index (Phi) is 9.17. The SMILES string of the molecule is CC(NC(=O)C(C)NC(=O)C1CCCN1c1ncc(C=O)s1)C(=O)NC(Cc1ccc(O)cc1)C(N)=O. The number of phenols is 1. The molecule has 1 aromatic heterocycles. The molecule has 198 valence electrons. The number of rotatable bonds is 11. The number of hydrogen-bond acceptors (Lipinski definition) is 9. The molecule has 4 amide bonds. The molecule has 13 heteroatoms. The fourth-order valence-electron chi connectivity index (χ4n) is 3.90. The molecule has 12 nitrogen and oxygen atoms in total. The minimum atomic E-state index is -1.02. The summed E-state index contributed by atoms with van der Waals surface area (Å²) < 4.78 is 0. The van der Waals surface area contributed by atoms with E-state index in [9.17, 15) is 29.1 Å². The molecule has 0 bridgehead atoms. The van der Waals surface area contributed by atoms with Gasteiger partial charge in [-0.25, -0.2) is 4.98 Å². The van der Waals surface area contributed by atoms with Crippen LogP contribution in [-0.4, -0.2) is 70.7 Å². The van der Waals surface area contributed by atoms with Crippen LogP contribution in [0.3, 0.4) is 0 Å². The molecular weight excluding hydrogens is 500 g/mol. The van der Waals surface area contributed by atoms with E-state index in [1.54, 1.807) is 12.1 Å². The number of aldehydes is 1. The van der Waals surface area contributed by atoms with Crippen LogP contribution in [0.25, 0.3) is 0 Å². The third-order valence-corrected chi connectivity index (χ3v) is 6.93. The van der Waals surface area contributed by atoms with Gasteiger partial charge in [0.25, 0.3) is 0 Å². The molecule has 2 heterocycles. The van der Waals surface area contributed by atoms with Crippen molar-refractivity contribution in [3.63, 3.8) is 0 Å². The van der Waals surface area contributed by atoms with Crippen molar-refractivity contribution >= 4 is 46.4 Å². The Morgan fingerprint density at radius 2 is 1.78 bits per heavy atom. The number of nitrogens with zero attached hydrogens (tertiary/aromatic N) is 2. The number of hydrogen-bond donors (Lipinski definition) is 5. The monoisotopic (exact) mass is 530 g/mol. The van der Waals surface area contributed by atoms with Gasteiger partial charge in [-0.1, -0.05) is 23.5 Å². The van der Waals surface area contributed by atoms with Crippen LogP contribution in [0.15, 0.2) is 30.5 Å². The van der Waals surface area contributed by atoms with Crippen LogP contribution in [0.5, 0.6) is 5.75 Å². The van der Waals surface area contributed by atoms with E-state index >= 15 is 0 Å². The predicted molar refractivity (Wildman–Crippen MR) is 136 cm³/mol. The first-order valence-electron chi connectivity index (χ1n) is 11.7. The van der Waals surface area contributed by atoms with Gasteiger partial charge in [0.15, 0.2) is 11.4 Å². The van der Waals surface area contributed by atoms with Crippen LogP contribution in [-0.2, 0) is 25.6 Å². The third-order valence-electron chi connectivity index (χ3n) is 5.97. The van der Waals surface area contributed by atoms with E-state index in [2.05, 4.69) is 20.9 Å². The summed E-state index contributed by atoms with van der Waals surface area (Å²) in [6.07, 6.45) is 3.60. The van der Waals surface area contributed by atoms with Crippen molar-refractivity contribution in [2.75, 3.05) is 11.4 Å². The molecule has 0 saturated carbocycles. The zero-order chi connectivity index (χ0) is 27.1. The molecule has 1 aromatic carbocycles. The lowest BCUT2D eigenvalue weighted by atomic mass is 10.0. The molecule has 1 fully saturated rings. The van der Waals surface area contributed by atoms with Gasteiger partial charge in [0, 0.05) is 13.0 Å². The summed E-state index contributed by atoms with van der Waals surface area (Å²) in [5, 5.41) is 17.7. The van der Waals surface area contributed by atoms with Gasteiger partial charge in [-0.05, 0) is 44.4 Å². The number of nitrogens with one attached hydrogen (secondary N) is 3. The van der Waals surface area contributed by atoms with Crippen molar-refractivity contribution in [2.45, 2.75) is 57.3 Å². The number of phenolic OH excluding ortho intramolecular Hbond substituents is 1. The smallest absolute Gasteiger partial charge is 0.243 e. The van der Waals surface area contributed by atoms with E-state index in [0.717, 1.165) is 6.42 Å². The van der Waals surface area contributed by atoms with E-state index in [1.807, 2.05) is 4.90 Å². The van der Waals surface area contributed by atoms with Gasteiger partial charge in [0.1, 0.15) is 29.9 Å². The fraction of sp³-hybridized carbons (Fsp3) is 0.417. The number of aromatic hydroxyl groups is 1. The van der Waals surface area contributed by atoms with Gasteiger partial charge in [-0.15, -0.1) is 0 Å². The summed E-state index contributed by atoms with van der Waals surface area (Å²) in [5.74, 6) is -2.24. The van der Waals surface area contributed by atoms with Gasteiger partial charge < -0.3 is 31.7 Å². The molecular formula is C24H30N6O6S. The number of anilines is 1. The Hall–Kier alpha value is -4.00. The minimum Gasteiger partial charge on any atom is -0.508 e. The van der Waals surface area contributed by atoms with Crippen LogP contribution < -0.4 is 26.6 Å². The Bertz CT molecular complexity index is 1150. The van der Waals surface area contributed by atoms with Crippen molar-refractivity contribution in [3.8, 4) is 5.75 Å². The number of carbonyl (C=O) groups excluding carboxylic acids is 5. The zero-order valence-electron chi connectivity index (χ0n) is 20.5. The van der Waals surface area contributed by atoms with E-state index in [-0.39, 0.29) is 18.1 Å². The number of nitrogens with two attached hydrogens (primary N) is 1. The van der Waals surface area contributed by atoms with Crippen LogP contribution in [0.2, 0.25) is 0 Å². The van der Waals surface area contributed by atoms with Crippen LogP contribution in [0.4, 0.5) is 5.13 Å². The highest BCUT2D eigenvalue weighted by molar-refractivity contribution is 7.17. The normalized spacial score (nSPS) is 17.4. The van der Waals surface area contributed by atoms with E-state index < -0.39 is 41.9 Å². The van der Waals surface area contributed by atoms with E-state index in [4.69, 9.17) is 5.73 Å². The lowest BCUT2D eigenvalue weighted by molar-refractivity contribution is -0.132. The quantitative estimate of drug-likeness (QED) is 0.248. The summed E-state index contributed by atoms with van der Waals surface area (Å²) in [6.45, 7) is 3.56. The molecule has 6 N–H and O–H groups in total. The maximum Gasteiger partial charge on any atom is 0.243 e. The maximum absolute atomic E-state index is 12.9. The molecule has 0 aliphatic carbocycles. The average Bonchev–Trinajstić information content (AvgIpc) is 3.54. The first kappa shape index (κ1) is 27.6. The average molecular weight is 531 g/mol. The molecule has 4 unspecified atom stereocenters. The van der Waals surface area contributed by atoms with Crippen molar-refractivity contribution in [1.82, 2.24) is 20.9 Å². The molecule has 0 radical (unpaired) electrons. The summed E-state index contributed by atoms with van der Waals surface area (Å²) in [4.78, 5) is 67.5. The highest BCUT2D eigenvalue weighted by Gasteiger charge is 2.34. The standard InChI is InChI=1S/C24H30N6O6S/c1-13(28-23(36)19-4-3-9-30(19)24-26-11-17(12-31)37-24)21(34)27-14(2)22(35)29-18(20(25)33)10-15-5-7-16(32)8-6-15/h5-8,11-14,18-19,32H,3-4,9-10H2,1-2H3,(H2,25,33)(H,27,34)(H,28,36)(H,29,35). The molecule has 1 saturated heterocycles. The summed E-state index contributed by atoms with van der Waals surface area (Å²) >= 11 is 1.19. The fourth-order valence-corrected chi connectivity index (χ4v) is 4.70. The first-order chi connectivity index (χ1) is 17.6. The lowest BCUT2D eigenvalue weighted by Crippen LogP contribution is -2.56. The molecule has 1 aliphatic heterocycles. The number of carbonyl (C=O) groups is 5. The number of aromatic nitrogens is 1. The second kappa shape index (κ2) is 12.3. The number of amides is 4. The minimum absolute atomic E-state index is 0.0665. The molecule has 4 atom stereocenters. The Morgan fingerprint density at radius 1 is 1.14 bits per heavy atom. The molecule has 1 aliphatic rings. The molecule has 3 rings (SSSR count). The largest absolute Gasteiger partial charge is 0.508 e. The van der Waals surface area contributed by atoms with Crippen molar-refractivity contribution in [3.05, 3.63) is 40.9 Å².